The minimum Gasteiger partial charge on any atom is -0.370 e. The Bertz CT molecular complexity index is 373. The van der Waals surface area contributed by atoms with Crippen LogP contribution < -0.4 is 5.32 Å². The van der Waals surface area contributed by atoms with Crippen molar-refractivity contribution in [2.24, 2.45) is 0 Å². The Morgan fingerprint density at radius 1 is 1.41 bits per heavy atom. The molecule has 8 heteroatoms. The summed E-state index contributed by atoms with van der Waals surface area (Å²) in [6.07, 6.45) is -2.97. The van der Waals surface area contributed by atoms with E-state index in [1.807, 2.05) is 0 Å². The van der Waals surface area contributed by atoms with Gasteiger partial charge in [-0.3, -0.25) is 0 Å². The molecule has 0 spiro atoms. The van der Waals surface area contributed by atoms with Crippen LogP contribution >= 0.6 is 15.9 Å². The molecule has 1 aromatic rings. The standard InChI is InChI=1S/C9H9BrF4N2O/c10-6-3-7(11)8(16-4-6)15-1-2-17-5-9(12,13)14/h3-4H,1-2,5H2,(H,15,16). The van der Waals surface area contributed by atoms with E-state index in [4.69, 9.17) is 0 Å². The highest BCUT2D eigenvalue weighted by Crippen LogP contribution is 2.16. The van der Waals surface area contributed by atoms with E-state index in [0.717, 1.165) is 0 Å². The van der Waals surface area contributed by atoms with Crippen molar-refractivity contribution in [3.05, 3.63) is 22.6 Å². The molecule has 0 aliphatic rings. The predicted molar refractivity (Wildman–Crippen MR) is 57.3 cm³/mol. The van der Waals surface area contributed by atoms with E-state index in [0.29, 0.717) is 4.47 Å². The molecule has 0 aliphatic heterocycles. The lowest BCUT2D eigenvalue weighted by atomic mass is 10.4. The zero-order chi connectivity index (χ0) is 12.9. The van der Waals surface area contributed by atoms with Crippen LogP contribution in [0.5, 0.6) is 0 Å². The zero-order valence-electron chi connectivity index (χ0n) is 8.52. The molecule has 0 fully saturated rings. The third-order valence-corrected chi connectivity index (χ3v) is 2.05. The minimum absolute atomic E-state index is 0.0243. The van der Waals surface area contributed by atoms with Gasteiger partial charge in [-0.05, 0) is 22.0 Å². The molecule has 0 bridgehead atoms. The number of halogens is 5. The monoisotopic (exact) mass is 316 g/mol. The number of alkyl halides is 3. The molecule has 0 radical (unpaired) electrons. The van der Waals surface area contributed by atoms with Crippen molar-refractivity contribution in [3.63, 3.8) is 0 Å². The summed E-state index contributed by atoms with van der Waals surface area (Å²) >= 11 is 3.03. The van der Waals surface area contributed by atoms with Crippen LogP contribution in [0.3, 0.4) is 0 Å². The Morgan fingerprint density at radius 3 is 2.71 bits per heavy atom. The molecule has 0 aliphatic carbocycles. The largest absolute Gasteiger partial charge is 0.411 e. The molecule has 0 amide bonds. The second-order valence-electron chi connectivity index (χ2n) is 3.08. The van der Waals surface area contributed by atoms with Crippen LogP contribution in [0.4, 0.5) is 23.4 Å². The van der Waals surface area contributed by atoms with Crippen LogP contribution in [0.15, 0.2) is 16.7 Å². The maximum Gasteiger partial charge on any atom is 0.411 e. The van der Waals surface area contributed by atoms with Crippen LogP contribution in [0.25, 0.3) is 0 Å². The first-order valence-electron chi connectivity index (χ1n) is 4.58. The van der Waals surface area contributed by atoms with E-state index in [1.165, 1.54) is 12.3 Å². The summed E-state index contributed by atoms with van der Waals surface area (Å²) in [6.45, 7) is -1.46. The second-order valence-corrected chi connectivity index (χ2v) is 3.99. The highest BCUT2D eigenvalue weighted by molar-refractivity contribution is 9.10. The normalized spacial score (nSPS) is 11.6. The van der Waals surface area contributed by atoms with Crippen LogP contribution in [0, 0.1) is 5.82 Å². The van der Waals surface area contributed by atoms with Crippen LogP contribution in [0.1, 0.15) is 0 Å². The highest BCUT2D eigenvalue weighted by atomic mass is 79.9. The Kier molecular flexibility index (Phi) is 5.13. The number of aromatic nitrogens is 1. The Morgan fingerprint density at radius 2 is 2.12 bits per heavy atom. The summed E-state index contributed by atoms with van der Waals surface area (Å²) in [6, 6.07) is 1.20. The fourth-order valence-corrected chi connectivity index (χ4v) is 1.28. The lowest BCUT2D eigenvalue weighted by Crippen LogP contribution is -2.20. The fraction of sp³-hybridized carbons (Fsp3) is 0.444. The SMILES string of the molecule is Fc1cc(Br)cnc1NCCOCC(F)(F)F. The van der Waals surface area contributed by atoms with Crippen LogP contribution in [0.2, 0.25) is 0 Å². The Labute approximate surface area is 103 Å². The van der Waals surface area contributed by atoms with Gasteiger partial charge < -0.3 is 10.1 Å². The molecule has 0 saturated carbocycles. The van der Waals surface area contributed by atoms with E-state index >= 15 is 0 Å². The van der Waals surface area contributed by atoms with Gasteiger partial charge >= 0.3 is 6.18 Å². The van der Waals surface area contributed by atoms with Gasteiger partial charge in [0.25, 0.3) is 0 Å². The van der Waals surface area contributed by atoms with Crippen LogP contribution in [-0.4, -0.2) is 30.9 Å². The summed E-state index contributed by atoms with van der Waals surface area (Å²) in [5, 5.41) is 2.53. The topological polar surface area (TPSA) is 34.2 Å². The molecule has 1 N–H and O–H groups in total. The summed E-state index contributed by atoms with van der Waals surface area (Å²) in [7, 11) is 0. The van der Waals surface area contributed by atoms with Crippen molar-refractivity contribution < 1.29 is 22.3 Å². The van der Waals surface area contributed by atoms with E-state index in [1.54, 1.807) is 0 Å². The Hall–Kier alpha value is -0.890. The smallest absolute Gasteiger partial charge is 0.370 e. The first kappa shape index (κ1) is 14.2. The molecule has 0 unspecified atom stereocenters. The van der Waals surface area contributed by atoms with E-state index in [2.05, 4.69) is 31.0 Å². The van der Waals surface area contributed by atoms with Crippen molar-refractivity contribution >= 4 is 21.7 Å². The summed E-state index contributed by atoms with van der Waals surface area (Å²) in [5.74, 6) is -0.612. The van der Waals surface area contributed by atoms with Crippen molar-refractivity contribution in [2.45, 2.75) is 6.18 Å². The third-order valence-electron chi connectivity index (χ3n) is 1.61. The average Bonchev–Trinajstić information content (AvgIpc) is 2.18. The maximum atomic E-state index is 13.2. The molecule has 3 nitrogen and oxygen atoms in total. The molecule has 0 atom stereocenters. The van der Waals surface area contributed by atoms with Gasteiger partial charge in [0.05, 0.1) is 6.61 Å². The van der Waals surface area contributed by atoms with Gasteiger partial charge in [0.1, 0.15) is 6.61 Å². The average molecular weight is 317 g/mol. The lowest BCUT2D eigenvalue weighted by Gasteiger charge is -2.09. The maximum absolute atomic E-state index is 13.2. The van der Waals surface area contributed by atoms with E-state index in [-0.39, 0.29) is 19.0 Å². The minimum atomic E-state index is -4.35. The van der Waals surface area contributed by atoms with Gasteiger partial charge in [-0.25, -0.2) is 9.37 Å². The molecule has 0 saturated heterocycles. The Balaban J connectivity index is 2.27. The summed E-state index contributed by atoms with van der Waals surface area (Å²) in [5.41, 5.74) is 0. The van der Waals surface area contributed by atoms with Gasteiger partial charge in [0.2, 0.25) is 0 Å². The van der Waals surface area contributed by atoms with E-state index in [9.17, 15) is 17.6 Å². The molecule has 96 valence electrons. The third kappa shape index (κ3) is 5.83. The number of nitrogens with zero attached hydrogens (tertiary/aromatic N) is 1. The molecule has 1 rings (SSSR count). The van der Waals surface area contributed by atoms with E-state index < -0.39 is 18.6 Å². The number of rotatable bonds is 5. The van der Waals surface area contributed by atoms with Gasteiger partial charge in [-0.15, -0.1) is 0 Å². The highest BCUT2D eigenvalue weighted by Gasteiger charge is 2.27. The van der Waals surface area contributed by atoms with Crippen molar-refractivity contribution in [1.82, 2.24) is 4.98 Å². The van der Waals surface area contributed by atoms with Crippen molar-refractivity contribution in [3.8, 4) is 0 Å². The van der Waals surface area contributed by atoms with Gasteiger partial charge in [-0.1, -0.05) is 0 Å². The molecule has 0 aromatic carbocycles. The zero-order valence-corrected chi connectivity index (χ0v) is 10.1. The molecule has 17 heavy (non-hydrogen) atoms. The van der Waals surface area contributed by atoms with Gasteiger partial charge in [-0.2, -0.15) is 13.2 Å². The van der Waals surface area contributed by atoms with Gasteiger partial charge in [0, 0.05) is 17.2 Å². The second kappa shape index (κ2) is 6.15. The number of ether oxygens (including phenoxy) is 1. The summed E-state index contributed by atoms with van der Waals surface area (Å²) in [4.78, 5) is 3.71. The predicted octanol–water partition coefficient (Wildman–Crippen LogP) is 2.97. The van der Waals surface area contributed by atoms with Gasteiger partial charge in [0.15, 0.2) is 11.6 Å². The van der Waals surface area contributed by atoms with Crippen molar-refractivity contribution in [2.75, 3.05) is 25.1 Å². The number of nitrogens with one attached hydrogen (secondary N) is 1. The van der Waals surface area contributed by atoms with Crippen LogP contribution in [-0.2, 0) is 4.74 Å². The fourth-order valence-electron chi connectivity index (χ4n) is 0.974. The lowest BCUT2D eigenvalue weighted by molar-refractivity contribution is -0.172. The number of pyridine rings is 1. The molecular weight excluding hydrogens is 308 g/mol. The van der Waals surface area contributed by atoms with Crippen molar-refractivity contribution in [1.29, 1.82) is 0 Å². The quantitative estimate of drug-likeness (QED) is 0.670. The number of anilines is 1. The number of hydrogen-bond acceptors (Lipinski definition) is 3. The first-order chi connectivity index (χ1) is 7.88. The molecular formula is C9H9BrF4N2O. The molecule has 1 aromatic heterocycles. The summed E-state index contributed by atoms with van der Waals surface area (Å²) < 4.78 is 53.1. The first-order valence-corrected chi connectivity index (χ1v) is 5.37. The number of hydrogen-bond donors (Lipinski definition) is 1. The molecule has 1 heterocycles.